The lowest BCUT2D eigenvalue weighted by molar-refractivity contribution is 0.0939. The van der Waals surface area contributed by atoms with Gasteiger partial charge in [-0.25, -0.2) is 4.79 Å². The number of nitrogens with zero attached hydrogens (tertiary/aromatic N) is 3. The number of hydrogen-bond donors (Lipinski definition) is 1. The number of fused-ring (bicyclic) bond motifs is 1. The van der Waals surface area contributed by atoms with Crippen molar-refractivity contribution in [2.75, 3.05) is 18.4 Å². The second-order valence-corrected chi connectivity index (χ2v) is 10.6. The van der Waals surface area contributed by atoms with Crippen LogP contribution in [0.3, 0.4) is 0 Å². The molecule has 2 atom stereocenters. The zero-order valence-electron chi connectivity index (χ0n) is 21.3. The number of nitrogens with one attached hydrogen (secondary N) is 1. The number of benzene rings is 2. The lowest BCUT2D eigenvalue weighted by Gasteiger charge is -2.38. The number of carbonyl (C=O) groups excluding carboxylic acids is 1. The van der Waals surface area contributed by atoms with Crippen LogP contribution in [0.5, 0.6) is 0 Å². The van der Waals surface area contributed by atoms with Gasteiger partial charge in [0.1, 0.15) is 0 Å². The van der Waals surface area contributed by atoms with Gasteiger partial charge in [-0.05, 0) is 82.2 Å². The Kier molecular flexibility index (Phi) is 7.05. The summed E-state index contributed by atoms with van der Waals surface area (Å²) in [6, 6.07) is 20.4. The van der Waals surface area contributed by atoms with Crippen LogP contribution in [-0.2, 0) is 6.54 Å². The molecular weight excluding hydrogens is 432 g/mol. The minimum Gasteiger partial charge on any atom is -0.324 e. The molecule has 2 aliphatic rings. The third kappa shape index (κ3) is 5.51. The van der Waals surface area contributed by atoms with Gasteiger partial charge in [-0.2, -0.15) is 0 Å². The first-order chi connectivity index (χ1) is 17.0. The van der Waals surface area contributed by atoms with Crippen LogP contribution in [0.25, 0.3) is 10.9 Å². The van der Waals surface area contributed by atoms with Crippen molar-refractivity contribution in [2.45, 2.75) is 77.4 Å². The fourth-order valence-corrected chi connectivity index (χ4v) is 5.76. The summed E-state index contributed by atoms with van der Waals surface area (Å²) in [5.41, 5.74) is 5.61. The van der Waals surface area contributed by atoms with Gasteiger partial charge >= 0.3 is 6.03 Å². The Morgan fingerprint density at radius 2 is 1.66 bits per heavy atom. The van der Waals surface area contributed by atoms with E-state index < -0.39 is 0 Å². The van der Waals surface area contributed by atoms with Crippen molar-refractivity contribution in [1.82, 2.24) is 14.8 Å². The zero-order valence-corrected chi connectivity index (χ0v) is 21.3. The first-order valence-corrected chi connectivity index (χ1v) is 13.2. The van der Waals surface area contributed by atoms with Crippen LogP contribution < -0.4 is 5.32 Å². The Morgan fingerprint density at radius 3 is 2.37 bits per heavy atom. The van der Waals surface area contributed by atoms with Gasteiger partial charge in [0.05, 0.1) is 11.2 Å². The molecule has 1 N–H and O–H groups in total. The predicted molar refractivity (Wildman–Crippen MR) is 144 cm³/mol. The topological polar surface area (TPSA) is 48.5 Å². The molecule has 2 amide bonds. The highest BCUT2D eigenvalue weighted by Gasteiger charge is 2.25. The van der Waals surface area contributed by atoms with Crippen molar-refractivity contribution in [2.24, 2.45) is 0 Å². The van der Waals surface area contributed by atoms with Gasteiger partial charge in [-0.1, -0.05) is 42.3 Å². The highest BCUT2D eigenvalue weighted by Crippen LogP contribution is 2.29. The molecule has 3 heterocycles. The Hall–Kier alpha value is -2.92. The highest BCUT2D eigenvalue weighted by atomic mass is 16.2. The molecule has 0 saturated carbocycles. The number of hydrogen-bond acceptors (Lipinski definition) is 3. The van der Waals surface area contributed by atoms with Crippen LogP contribution >= 0.6 is 0 Å². The summed E-state index contributed by atoms with van der Waals surface area (Å²) in [6.45, 7) is 9.25. The molecule has 0 spiro atoms. The maximum absolute atomic E-state index is 12.9. The maximum Gasteiger partial charge on any atom is 0.321 e. The second-order valence-electron chi connectivity index (χ2n) is 10.6. The third-order valence-corrected chi connectivity index (χ3v) is 8.05. The van der Waals surface area contributed by atoms with E-state index in [2.05, 4.69) is 67.4 Å². The Bertz CT molecular complexity index is 1160. The van der Waals surface area contributed by atoms with Crippen LogP contribution in [0.1, 0.15) is 68.7 Å². The van der Waals surface area contributed by atoms with E-state index in [-0.39, 0.29) is 6.03 Å². The van der Waals surface area contributed by atoms with Crippen LogP contribution in [-0.4, -0.2) is 46.0 Å². The average molecular weight is 471 g/mol. The molecule has 5 heteroatoms. The Morgan fingerprint density at radius 1 is 0.943 bits per heavy atom. The van der Waals surface area contributed by atoms with E-state index in [0.717, 1.165) is 54.8 Å². The van der Waals surface area contributed by atoms with E-state index in [9.17, 15) is 4.79 Å². The molecule has 2 aromatic carbocycles. The fourth-order valence-electron chi connectivity index (χ4n) is 5.76. The quantitative estimate of drug-likeness (QED) is 0.461. The number of anilines is 1. The predicted octanol–water partition coefficient (Wildman–Crippen LogP) is 6.72. The van der Waals surface area contributed by atoms with E-state index in [0.29, 0.717) is 18.0 Å². The smallest absolute Gasteiger partial charge is 0.321 e. The number of rotatable bonds is 4. The summed E-state index contributed by atoms with van der Waals surface area (Å²) in [6.07, 6.45) is 5.88. The number of pyridine rings is 1. The molecule has 2 aliphatic heterocycles. The molecule has 1 aromatic heterocycles. The van der Waals surface area contributed by atoms with E-state index >= 15 is 0 Å². The summed E-state index contributed by atoms with van der Waals surface area (Å²) in [5.74, 6) is 0.538. The summed E-state index contributed by atoms with van der Waals surface area (Å²) in [7, 11) is 0. The van der Waals surface area contributed by atoms with Crippen LogP contribution in [0.4, 0.5) is 10.5 Å². The van der Waals surface area contributed by atoms with E-state index in [4.69, 9.17) is 4.98 Å². The SMILES string of the molecule is Cc1ccc(C2CCN(C(=O)Nc3ccc4nc(CN5[C@H](C)CCC[C@@H]5C)ccc4c3)CC2)cc1. The summed E-state index contributed by atoms with van der Waals surface area (Å²) < 4.78 is 0. The number of carbonyl (C=O) groups is 1. The lowest BCUT2D eigenvalue weighted by Crippen LogP contribution is -2.43. The van der Waals surface area contributed by atoms with Gasteiger partial charge < -0.3 is 10.2 Å². The molecule has 0 unspecified atom stereocenters. The van der Waals surface area contributed by atoms with Crippen LogP contribution in [0, 0.1) is 6.92 Å². The summed E-state index contributed by atoms with van der Waals surface area (Å²) in [5, 5.41) is 4.17. The lowest BCUT2D eigenvalue weighted by atomic mass is 9.89. The number of amides is 2. The molecule has 0 bridgehead atoms. The first-order valence-electron chi connectivity index (χ1n) is 13.2. The fraction of sp³-hybridized carbons (Fsp3) is 0.467. The van der Waals surface area contributed by atoms with Crippen LogP contribution in [0.2, 0.25) is 0 Å². The average Bonchev–Trinajstić information content (AvgIpc) is 2.87. The molecular formula is C30H38N4O. The molecule has 3 aromatic rings. The second kappa shape index (κ2) is 10.4. The first kappa shape index (κ1) is 23.8. The van der Waals surface area contributed by atoms with Crippen molar-refractivity contribution >= 4 is 22.6 Å². The van der Waals surface area contributed by atoms with Gasteiger partial charge in [0.25, 0.3) is 0 Å². The Labute approximate surface area is 209 Å². The van der Waals surface area contributed by atoms with Crippen molar-refractivity contribution in [1.29, 1.82) is 0 Å². The van der Waals surface area contributed by atoms with E-state index in [1.807, 2.05) is 23.1 Å². The molecule has 184 valence electrons. The summed E-state index contributed by atoms with van der Waals surface area (Å²) >= 11 is 0. The minimum atomic E-state index is -0.00985. The number of aromatic nitrogens is 1. The van der Waals surface area contributed by atoms with Crippen molar-refractivity contribution in [3.05, 3.63) is 71.4 Å². The number of likely N-dealkylation sites (tertiary alicyclic amines) is 2. The van der Waals surface area contributed by atoms with Gasteiger partial charge in [0.2, 0.25) is 0 Å². The van der Waals surface area contributed by atoms with E-state index in [1.165, 1.54) is 30.4 Å². The normalized spacial score (nSPS) is 21.9. The molecule has 5 nitrogen and oxygen atoms in total. The summed E-state index contributed by atoms with van der Waals surface area (Å²) in [4.78, 5) is 22.4. The molecule has 0 radical (unpaired) electrons. The number of piperidine rings is 2. The van der Waals surface area contributed by atoms with Crippen molar-refractivity contribution < 1.29 is 4.79 Å². The molecule has 0 aliphatic carbocycles. The molecule has 35 heavy (non-hydrogen) atoms. The van der Waals surface area contributed by atoms with Gasteiger partial charge in [0.15, 0.2) is 0 Å². The Balaban J connectivity index is 1.19. The van der Waals surface area contributed by atoms with Gasteiger partial charge in [-0.3, -0.25) is 9.88 Å². The van der Waals surface area contributed by atoms with Crippen molar-refractivity contribution in [3.8, 4) is 0 Å². The standard InChI is InChI=1S/C30H38N4O/c1-21-7-9-24(10-8-21)25-15-17-33(18-16-25)30(35)32-27-13-14-29-26(19-27)11-12-28(31-29)20-34-22(2)5-4-6-23(34)3/h7-14,19,22-23,25H,4-6,15-18,20H2,1-3H3,(H,32,35)/t22-,23+. The minimum absolute atomic E-state index is 0.00985. The van der Waals surface area contributed by atoms with Crippen molar-refractivity contribution in [3.63, 3.8) is 0 Å². The maximum atomic E-state index is 12.9. The van der Waals surface area contributed by atoms with Crippen LogP contribution in [0.15, 0.2) is 54.6 Å². The molecule has 2 saturated heterocycles. The van der Waals surface area contributed by atoms with E-state index in [1.54, 1.807) is 0 Å². The van der Waals surface area contributed by atoms with Gasteiger partial charge in [-0.15, -0.1) is 0 Å². The molecule has 2 fully saturated rings. The van der Waals surface area contributed by atoms with Gasteiger partial charge in [0, 0.05) is 42.8 Å². The number of urea groups is 1. The zero-order chi connectivity index (χ0) is 24.4. The monoisotopic (exact) mass is 470 g/mol. The highest BCUT2D eigenvalue weighted by molar-refractivity contribution is 5.92. The largest absolute Gasteiger partial charge is 0.324 e. The number of aryl methyl sites for hydroxylation is 1. The third-order valence-electron chi connectivity index (χ3n) is 8.05. The molecule has 5 rings (SSSR count).